The van der Waals surface area contributed by atoms with Crippen LogP contribution in [-0.4, -0.2) is 44.3 Å². The van der Waals surface area contributed by atoms with Gasteiger partial charge in [0.05, 0.1) is 38.7 Å². The molecule has 2 fully saturated rings. The lowest BCUT2D eigenvalue weighted by atomic mass is 9.77. The van der Waals surface area contributed by atoms with Crippen molar-refractivity contribution >= 4 is 17.5 Å². The Morgan fingerprint density at radius 1 is 1.16 bits per heavy atom. The van der Waals surface area contributed by atoms with E-state index in [1.54, 1.807) is 19.1 Å². The first-order valence-corrected chi connectivity index (χ1v) is 10.3. The summed E-state index contributed by atoms with van der Waals surface area (Å²) >= 11 is 0. The molecule has 2 aromatic carbocycles. The maximum absolute atomic E-state index is 13.4. The van der Waals surface area contributed by atoms with Gasteiger partial charge in [-0.15, -0.1) is 0 Å². The topological polar surface area (TPSA) is 77.1 Å². The minimum absolute atomic E-state index is 0.0847. The van der Waals surface area contributed by atoms with E-state index in [0.717, 1.165) is 22.7 Å². The minimum atomic E-state index is -0.750. The summed E-state index contributed by atoms with van der Waals surface area (Å²) in [6.07, 6.45) is 3.49. The summed E-state index contributed by atoms with van der Waals surface area (Å²) in [6, 6.07) is 14.9. The summed E-state index contributed by atoms with van der Waals surface area (Å²) in [6.45, 7) is 0.758. The Labute approximate surface area is 180 Å². The second-order valence-corrected chi connectivity index (χ2v) is 8.09. The molecule has 1 spiro atoms. The lowest BCUT2D eigenvalue weighted by molar-refractivity contribution is -0.132. The monoisotopic (exact) mass is 420 g/mol. The summed E-state index contributed by atoms with van der Waals surface area (Å²) in [7, 11) is 3.21. The van der Waals surface area contributed by atoms with Crippen LogP contribution in [0.1, 0.15) is 5.56 Å². The molecule has 7 heteroatoms. The lowest BCUT2D eigenvalue weighted by Gasteiger charge is -2.23. The highest BCUT2D eigenvalue weighted by molar-refractivity contribution is 6.03. The lowest BCUT2D eigenvalue weighted by Crippen LogP contribution is -2.43. The van der Waals surface area contributed by atoms with E-state index in [-0.39, 0.29) is 17.9 Å². The van der Waals surface area contributed by atoms with Gasteiger partial charge < -0.3 is 24.4 Å². The van der Waals surface area contributed by atoms with Gasteiger partial charge in [0.15, 0.2) is 0 Å². The molecule has 5 rings (SSSR count). The van der Waals surface area contributed by atoms with E-state index < -0.39 is 17.4 Å². The van der Waals surface area contributed by atoms with E-state index in [0.29, 0.717) is 13.1 Å². The highest BCUT2D eigenvalue weighted by atomic mass is 16.5. The Hall–Kier alpha value is -3.32. The number of carbonyl (C=O) groups excluding carboxylic acids is 2. The second-order valence-electron chi connectivity index (χ2n) is 8.09. The highest BCUT2D eigenvalue weighted by Gasteiger charge is 2.67. The number of nitrogens with zero attached hydrogens (tertiary/aromatic N) is 1. The number of amides is 2. The van der Waals surface area contributed by atoms with Gasteiger partial charge in [-0.2, -0.15) is 0 Å². The van der Waals surface area contributed by atoms with Crippen molar-refractivity contribution < 1.29 is 23.8 Å². The minimum Gasteiger partial charge on any atom is -0.497 e. The van der Waals surface area contributed by atoms with E-state index in [4.69, 9.17) is 14.2 Å². The fraction of sp³-hybridized carbons (Fsp3) is 0.333. The molecule has 0 saturated carbocycles. The number of nitrogens with one attached hydrogen (secondary N) is 1. The average Bonchev–Trinajstić information content (AvgIpc) is 3.46. The molecule has 3 aliphatic rings. The molecular weight excluding hydrogens is 396 g/mol. The maximum atomic E-state index is 13.4. The standard InChI is InChI=1S/C24H24N2O5/c1-29-17-8-6-16(7-9-17)26-14-24-11-10-19(31-24)20(21(24)23(26)28)22(27)25-13-15-4-3-5-18(12-15)30-2/h3-12,19-21H,13-14H2,1-2H3,(H,25,27)/t19-,20-,21+,24-/m1/s1. The zero-order valence-electron chi connectivity index (χ0n) is 17.4. The third kappa shape index (κ3) is 3.16. The van der Waals surface area contributed by atoms with Gasteiger partial charge in [0.25, 0.3) is 0 Å². The first-order valence-electron chi connectivity index (χ1n) is 10.3. The quantitative estimate of drug-likeness (QED) is 0.726. The SMILES string of the molecule is COc1ccc(N2C[C@@]34C=C[C@@H](O3)[C@@H](C(=O)NCc3cccc(OC)c3)[C@H]4C2=O)cc1. The van der Waals surface area contributed by atoms with Crippen molar-refractivity contribution in [3.63, 3.8) is 0 Å². The molecule has 4 atom stereocenters. The van der Waals surface area contributed by atoms with Crippen molar-refractivity contribution in [1.82, 2.24) is 5.32 Å². The molecule has 160 valence electrons. The van der Waals surface area contributed by atoms with Crippen LogP contribution in [0.4, 0.5) is 5.69 Å². The van der Waals surface area contributed by atoms with Crippen LogP contribution in [0.25, 0.3) is 0 Å². The molecule has 0 radical (unpaired) electrons. The van der Waals surface area contributed by atoms with Crippen LogP contribution in [0.15, 0.2) is 60.7 Å². The Kier molecular flexibility index (Phi) is 4.70. The molecule has 7 nitrogen and oxygen atoms in total. The van der Waals surface area contributed by atoms with Crippen molar-refractivity contribution in [3.05, 3.63) is 66.2 Å². The van der Waals surface area contributed by atoms with Gasteiger partial charge in [0.2, 0.25) is 11.8 Å². The number of ether oxygens (including phenoxy) is 3. The fourth-order valence-electron chi connectivity index (χ4n) is 4.87. The van der Waals surface area contributed by atoms with Gasteiger partial charge >= 0.3 is 0 Å². The Balaban J connectivity index is 1.34. The summed E-state index contributed by atoms with van der Waals surface area (Å²) in [5, 5.41) is 2.98. The van der Waals surface area contributed by atoms with E-state index >= 15 is 0 Å². The Bertz CT molecular complexity index is 1050. The first kappa shape index (κ1) is 19.6. The van der Waals surface area contributed by atoms with Crippen LogP contribution in [0.3, 0.4) is 0 Å². The number of methoxy groups -OCH3 is 2. The van der Waals surface area contributed by atoms with Gasteiger partial charge in [-0.05, 0) is 42.0 Å². The maximum Gasteiger partial charge on any atom is 0.234 e. The molecule has 2 bridgehead atoms. The predicted molar refractivity (Wildman–Crippen MR) is 114 cm³/mol. The number of rotatable bonds is 6. The van der Waals surface area contributed by atoms with Gasteiger partial charge in [0.1, 0.15) is 17.1 Å². The van der Waals surface area contributed by atoms with E-state index in [9.17, 15) is 9.59 Å². The number of fused-ring (bicyclic) bond motifs is 1. The number of anilines is 1. The van der Waals surface area contributed by atoms with Crippen molar-refractivity contribution in [2.45, 2.75) is 18.2 Å². The van der Waals surface area contributed by atoms with E-state index in [1.165, 1.54) is 0 Å². The molecule has 31 heavy (non-hydrogen) atoms. The Morgan fingerprint density at radius 2 is 1.94 bits per heavy atom. The number of hydrogen-bond acceptors (Lipinski definition) is 5. The molecule has 3 heterocycles. The van der Waals surface area contributed by atoms with E-state index in [1.807, 2.05) is 60.7 Å². The molecule has 2 amide bonds. The molecule has 3 aliphatic heterocycles. The van der Waals surface area contributed by atoms with Crippen molar-refractivity contribution in [2.24, 2.45) is 11.8 Å². The molecule has 2 saturated heterocycles. The van der Waals surface area contributed by atoms with Crippen LogP contribution in [0, 0.1) is 11.8 Å². The average molecular weight is 420 g/mol. The summed E-state index contributed by atoms with van der Waals surface area (Å²) in [5.74, 6) is 0.118. The van der Waals surface area contributed by atoms with Crippen LogP contribution < -0.4 is 19.7 Å². The molecule has 0 aliphatic carbocycles. The van der Waals surface area contributed by atoms with Crippen LogP contribution in [0.5, 0.6) is 11.5 Å². The van der Waals surface area contributed by atoms with Crippen molar-refractivity contribution in [1.29, 1.82) is 0 Å². The Morgan fingerprint density at radius 3 is 2.68 bits per heavy atom. The molecule has 1 N–H and O–H groups in total. The van der Waals surface area contributed by atoms with Crippen LogP contribution >= 0.6 is 0 Å². The van der Waals surface area contributed by atoms with Crippen molar-refractivity contribution in [2.75, 3.05) is 25.7 Å². The second kappa shape index (κ2) is 7.42. The van der Waals surface area contributed by atoms with Crippen molar-refractivity contribution in [3.8, 4) is 11.5 Å². The molecular formula is C24H24N2O5. The molecule has 0 unspecified atom stereocenters. The highest BCUT2D eigenvalue weighted by Crippen LogP contribution is 2.52. The van der Waals surface area contributed by atoms with Crippen LogP contribution in [-0.2, 0) is 20.9 Å². The van der Waals surface area contributed by atoms with Gasteiger partial charge in [-0.25, -0.2) is 0 Å². The molecule has 0 aromatic heterocycles. The predicted octanol–water partition coefficient (Wildman–Crippen LogP) is 2.31. The number of hydrogen-bond donors (Lipinski definition) is 1. The van der Waals surface area contributed by atoms with Crippen LogP contribution in [0.2, 0.25) is 0 Å². The number of benzene rings is 2. The largest absolute Gasteiger partial charge is 0.497 e. The first-order chi connectivity index (χ1) is 15.0. The van der Waals surface area contributed by atoms with E-state index in [2.05, 4.69) is 5.32 Å². The zero-order chi connectivity index (χ0) is 21.6. The van der Waals surface area contributed by atoms with Gasteiger partial charge in [0, 0.05) is 12.2 Å². The fourth-order valence-corrected chi connectivity index (χ4v) is 4.87. The van der Waals surface area contributed by atoms with Gasteiger partial charge in [-0.1, -0.05) is 24.3 Å². The third-order valence-electron chi connectivity index (χ3n) is 6.39. The smallest absolute Gasteiger partial charge is 0.234 e. The number of carbonyl (C=O) groups is 2. The van der Waals surface area contributed by atoms with Gasteiger partial charge in [-0.3, -0.25) is 9.59 Å². The summed E-state index contributed by atoms with van der Waals surface area (Å²) in [5.41, 5.74) is 0.949. The summed E-state index contributed by atoms with van der Waals surface area (Å²) in [4.78, 5) is 28.2. The normalized spacial score (nSPS) is 28.0. The molecule has 2 aromatic rings. The summed E-state index contributed by atoms with van der Waals surface area (Å²) < 4.78 is 16.6. The zero-order valence-corrected chi connectivity index (χ0v) is 17.4. The third-order valence-corrected chi connectivity index (χ3v) is 6.39.